The topological polar surface area (TPSA) is 73.6 Å². The molecule has 5 nitrogen and oxygen atoms in total. The first-order valence-electron chi connectivity index (χ1n) is 6.53. The van der Waals surface area contributed by atoms with Crippen LogP contribution in [0.2, 0.25) is 0 Å². The van der Waals surface area contributed by atoms with Crippen molar-refractivity contribution in [3.8, 4) is 11.5 Å². The number of para-hydroxylation sites is 2. The third-order valence-corrected chi connectivity index (χ3v) is 3.00. The quantitative estimate of drug-likeness (QED) is 0.853. The van der Waals surface area contributed by atoms with Crippen LogP contribution in [0.15, 0.2) is 24.3 Å². The average molecular weight is 264 g/mol. The fourth-order valence-electron chi connectivity index (χ4n) is 1.93. The van der Waals surface area contributed by atoms with Crippen LogP contribution in [-0.2, 0) is 4.79 Å². The molecule has 0 aliphatic carbocycles. The summed E-state index contributed by atoms with van der Waals surface area (Å²) in [7, 11) is 0. The molecule has 0 saturated carbocycles. The van der Waals surface area contributed by atoms with Gasteiger partial charge in [0, 0.05) is 12.6 Å². The van der Waals surface area contributed by atoms with Crippen molar-refractivity contribution in [1.29, 1.82) is 0 Å². The standard InChI is InChI=1S/C14H20N2O3/c1-9(15)7-8-16-14(17)13-10(2)18-11-5-3-4-6-12(11)19-13/h3-6,9-10,13H,7-8,15H2,1-2H3,(H,16,17). The minimum Gasteiger partial charge on any atom is -0.482 e. The first-order chi connectivity index (χ1) is 9.08. The zero-order valence-corrected chi connectivity index (χ0v) is 11.3. The molecule has 3 unspecified atom stereocenters. The fourth-order valence-corrected chi connectivity index (χ4v) is 1.93. The summed E-state index contributed by atoms with van der Waals surface area (Å²) in [5, 5.41) is 2.82. The molecule has 1 heterocycles. The third-order valence-electron chi connectivity index (χ3n) is 3.00. The van der Waals surface area contributed by atoms with Gasteiger partial charge < -0.3 is 20.5 Å². The summed E-state index contributed by atoms with van der Waals surface area (Å²) in [6, 6.07) is 7.42. The third kappa shape index (κ3) is 3.38. The molecule has 1 aromatic rings. The molecule has 1 aliphatic rings. The average Bonchev–Trinajstić information content (AvgIpc) is 2.37. The summed E-state index contributed by atoms with van der Waals surface area (Å²) in [6.07, 6.45) is -0.197. The Kier molecular flexibility index (Phi) is 4.27. The van der Waals surface area contributed by atoms with E-state index in [1.165, 1.54) is 0 Å². The van der Waals surface area contributed by atoms with Gasteiger partial charge in [0.2, 0.25) is 6.10 Å². The second-order valence-electron chi connectivity index (χ2n) is 4.87. The monoisotopic (exact) mass is 264 g/mol. The summed E-state index contributed by atoms with van der Waals surface area (Å²) in [5.74, 6) is 1.12. The Hall–Kier alpha value is -1.75. The van der Waals surface area contributed by atoms with Crippen LogP contribution in [0.3, 0.4) is 0 Å². The highest BCUT2D eigenvalue weighted by Crippen LogP contribution is 2.33. The number of hydrogen-bond donors (Lipinski definition) is 2. The van der Waals surface area contributed by atoms with Gasteiger partial charge in [0.15, 0.2) is 11.5 Å². The van der Waals surface area contributed by atoms with Crippen molar-refractivity contribution in [2.75, 3.05) is 6.54 Å². The van der Waals surface area contributed by atoms with Crippen molar-refractivity contribution in [3.05, 3.63) is 24.3 Å². The molecule has 2 rings (SSSR count). The van der Waals surface area contributed by atoms with Crippen LogP contribution in [-0.4, -0.2) is 30.7 Å². The number of rotatable bonds is 4. The molecule has 0 bridgehead atoms. The summed E-state index contributed by atoms with van der Waals surface area (Å²) in [6.45, 7) is 4.28. The van der Waals surface area contributed by atoms with Crippen LogP contribution in [0, 0.1) is 0 Å². The fraction of sp³-hybridized carbons (Fsp3) is 0.500. The van der Waals surface area contributed by atoms with E-state index in [0.29, 0.717) is 18.0 Å². The number of ether oxygens (including phenoxy) is 2. The lowest BCUT2D eigenvalue weighted by Gasteiger charge is -2.31. The van der Waals surface area contributed by atoms with E-state index < -0.39 is 6.10 Å². The molecule has 5 heteroatoms. The summed E-state index contributed by atoms with van der Waals surface area (Å²) < 4.78 is 11.4. The van der Waals surface area contributed by atoms with E-state index in [1.54, 1.807) is 6.07 Å². The van der Waals surface area contributed by atoms with E-state index in [9.17, 15) is 4.79 Å². The molecule has 104 valence electrons. The van der Waals surface area contributed by atoms with Gasteiger partial charge in [0.25, 0.3) is 5.91 Å². The Morgan fingerprint density at radius 3 is 2.63 bits per heavy atom. The van der Waals surface area contributed by atoms with Crippen molar-refractivity contribution >= 4 is 5.91 Å². The van der Waals surface area contributed by atoms with E-state index in [4.69, 9.17) is 15.2 Å². The SMILES string of the molecule is CC(N)CCNC(=O)C1Oc2ccccc2OC1C. The summed E-state index contributed by atoms with van der Waals surface area (Å²) >= 11 is 0. The second kappa shape index (κ2) is 5.93. The number of nitrogens with two attached hydrogens (primary N) is 1. The number of carbonyl (C=O) groups is 1. The molecule has 0 spiro atoms. The molecule has 1 aromatic carbocycles. The molecule has 3 N–H and O–H groups in total. The van der Waals surface area contributed by atoms with Gasteiger partial charge in [-0.1, -0.05) is 12.1 Å². The van der Waals surface area contributed by atoms with Crippen LogP contribution in [0.1, 0.15) is 20.3 Å². The maximum Gasteiger partial charge on any atom is 0.265 e. The first-order valence-corrected chi connectivity index (χ1v) is 6.53. The van der Waals surface area contributed by atoms with Crippen LogP contribution < -0.4 is 20.5 Å². The minimum absolute atomic E-state index is 0.0713. The predicted molar refractivity (Wildman–Crippen MR) is 72.2 cm³/mol. The van der Waals surface area contributed by atoms with Gasteiger partial charge in [-0.15, -0.1) is 0 Å². The van der Waals surface area contributed by atoms with Gasteiger partial charge in [-0.05, 0) is 32.4 Å². The highest BCUT2D eigenvalue weighted by atomic mass is 16.6. The largest absolute Gasteiger partial charge is 0.482 e. The number of amides is 1. The maximum atomic E-state index is 12.0. The van der Waals surface area contributed by atoms with Crippen LogP contribution in [0.4, 0.5) is 0 Å². The number of fused-ring (bicyclic) bond motifs is 1. The lowest BCUT2D eigenvalue weighted by molar-refractivity contribution is -0.133. The molecule has 1 amide bonds. The summed E-state index contributed by atoms with van der Waals surface area (Å²) in [4.78, 5) is 12.0. The van der Waals surface area contributed by atoms with Gasteiger partial charge >= 0.3 is 0 Å². The highest BCUT2D eigenvalue weighted by Gasteiger charge is 2.33. The molecular weight excluding hydrogens is 244 g/mol. The molecule has 0 fully saturated rings. The minimum atomic E-state index is -0.622. The van der Waals surface area contributed by atoms with Crippen LogP contribution >= 0.6 is 0 Å². The Morgan fingerprint density at radius 2 is 2.00 bits per heavy atom. The number of hydrogen-bond acceptors (Lipinski definition) is 4. The number of carbonyl (C=O) groups excluding carboxylic acids is 1. The van der Waals surface area contributed by atoms with Crippen molar-refractivity contribution in [1.82, 2.24) is 5.32 Å². The van der Waals surface area contributed by atoms with Gasteiger partial charge in [0.05, 0.1) is 0 Å². The molecular formula is C14H20N2O3. The van der Waals surface area contributed by atoms with E-state index in [1.807, 2.05) is 32.0 Å². The second-order valence-corrected chi connectivity index (χ2v) is 4.87. The first kappa shape index (κ1) is 13.7. The van der Waals surface area contributed by atoms with Gasteiger partial charge in [-0.25, -0.2) is 0 Å². The van der Waals surface area contributed by atoms with E-state index in [2.05, 4.69) is 5.32 Å². The number of nitrogens with one attached hydrogen (secondary N) is 1. The molecule has 19 heavy (non-hydrogen) atoms. The molecule has 0 aromatic heterocycles. The lowest BCUT2D eigenvalue weighted by Crippen LogP contribution is -2.49. The zero-order valence-electron chi connectivity index (χ0n) is 11.3. The van der Waals surface area contributed by atoms with Crippen molar-refractivity contribution in [2.45, 2.75) is 38.5 Å². The summed E-state index contributed by atoms with van der Waals surface area (Å²) in [5.41, 5.74) is 5.64. The van der Waals surface area contributed by atoms with Crippen molar-refractivity contribution in [3.63, 3.8) is 0 Å². The predicted octanol–water partition coefficient (Wildman–Crippen LogP) is 1.07. The Balaban J connectivity index is 1.96. The molecule has 0 saturated heterocycles. The van der Waals surface area contributed by atoms with Crippen molar-refractivity contribution < 1.29 is 14.3 Å². The maximum absolute atomic E-state index is 12.0. The lowest BCUT2D eigenvalue weighted by atomic mass is 10.1. The highest BCUT2D eigenvalue weighted by molar-refractivity contribution is 5.82. The molecule has 3 atom stereocenters. The van der Waals surface area contributed by atoms with Crippen molar-refractivity contribution in [2.24, 2.45) is 5.73 Å². The van der Waals surface area contributed by atoms with Gasteiger partial charge in [-0.3, -0.25) is 4.79 Å². The van der Waals surface area contributed by atoms with Crippen LogP contribution in [0.5, 0.6) is 11.5 Å². The Labute approximate surface area is 113 Å². The van der Waals surface area contributed by atoms with Gasteiger partial charge in [0.1, 0.15) is 6.10 Å². The normalized spacial score (nSPS) is 22.7. The smallest absolute Gasteiger partial charge is 0.265 e. The Bertz CT molecular complexity index is 448. The number of benzene rings is 1. The van der Waals surface area contributed by atoms with E-state index >= 15 is 0 Å². The van der Waals surface area contributed by atoms with E-state index in [-0.39, 0.29) is 18.1 Å². The van der Waals surface area contributed by atoms with Crippen LogP contribution in [0.25, 0.3) is 0 Å². The van der Waals surface area contributed by atoms with E-state index in [0.717, 1.165) is 6.42 Å². The zero-order chi connectivity index (χ0) is 13.8. The molecule has 1 aliphatic heterocycles. The van der Waals surface area contributed by atoms with Gasteiger partial charge in [-0.2, -0.15) is 0 Å². The molecule has 0 radical (unpaired) electrons. The Morgan fingerprint density at radius 1 is 1.37 bits per heavy atom.